The van der Waals surface area contributed by atoms with E-state index in [0.29, 0.717) is 16.9 Å². The van der Waals surface area contributed by atoms with Crippen molar-refractivity contribution in [2.75, 3.05) is 5.32 Å². The SMILES string of the molecule is CC(=O)c1cccc(NC(=O)Cc2csc(C(C)N)n2)c1. The highest BCUT2D eigenvalue weighted by Crippen LogP contribution is 2.17. The zero-order valence-corrected chi connectivity index (χ0v) is 12.7. The highest BCUT2D eigenvalue weighted by molar-refractivity contribution is 7.09. The third-order valence-electron chi connectivity index (χ3n) is 2.85. The van der Waals surface area contributed by atoms with Gasteiger partial charge in [0.05, 0.1) is 18.2 Å². The molecule has 2 rings (SSSR count). The van der Waals surface area contributed by atoms with Crippen LogP contribution in [0.15, 0.2) is 29.6 Å². The monoisotopic (exact) mass is 303 g/mol. The maximum Gasteiger partial charge on any atom is 0.230 e. The molecule has 0 saturated heterocycles. The summed E-state index contributed by atoms with van der Waals surface area (Å²) in [7, 11) is 0. The van der Waals surface area contributed by atoms with Crippen molar-refractivity contribution in [2.45, 2.75) is 26.3 Å². The summed E-state index contributed by atoms with van der Waals surface area (Å²) in [5.74, 6) is -0.204. The summed E-state index contributed by atoms with van der Waals surface area (Å²) in [5, 5.41) is 5.42. The summed E-state index contributed by atoms with van der Waals surface area (Å²) < 4.78 is 0. The number of nitrogens with two attached hydrogens (primary N) is 1. The number of ketones is 1. The van der Waals surface area contributed by atoms with Gasteiger partial charge in [0.1, 0.15) is 5.01 Å². The Balaban J connectivity index is 2.01. The Bertz CT molecular complexity index is 664. The molecule has 3 N–H and O–H groups in total. The van der Waals surface area contributed by atoms with Gasteiger partial charge in [-0.25, -0.2) is 4.98 Å². The number of thiazole rings is 1. The minimum absolute atomic E-state index is 0.0350. The third-order valence-corrected chi connectivity index (χ3v) is 3.95. The van der Waals surface area contributed by atoms with Gasteiger partial charge in [-0.1, -0.05) is 12.1 Å². The van der Waals surface area contributed by atoms with Crippen LogP contribution in [0.2, 0.25) is 0 Å². The van der Waals surface area contributed by atoms with Gasteiger partial charge in [-0.15, -0.1) is 11.3 Å². The van der Waals surface area contributed by atoms with E-state index >= 15 is 0 Å². The predicted octanol–water partition coefficient (Wildman–Crippen LogP) is 2.55. The fraction of sp³-hybridized carbons (Fsp3) is 0.267. The Morgan fingerprint density at radius 2 is 2.19 bits per heavy atom. The molecule has 0 spiro atoms. The first-order valence-corrected chi connectivity index (χ1v) is 7.44. The topological polar surface area (TPSA) is 85.1 Å². The van der Waals surface area contributed by atoms with Gasteiger partial charge in [0.15, 0.2) is 5.78 Å². The van der Waals surface area contributed by atoms with Gasteiger partial charge in [-0.3, -0.25) is 9.59 Å². The fourth-order valence-corrected chi connectivity index (χ4v) is 2.58. The van der Waals surface area contributed by atoms with Crippen LogP contribution in [0.3, 0.4) is 0 Å². The van der Waals surface area contributed by atoms with E-state index in [1.54, 1.807) is 24.3 Å². The largest absolute Gasteiger partial charge is 0.326 e. The number of carbonyl (C=O) groups excluding carboxylic acids is 2. The first-order chi connectivity index (χ1) is 9.95. The van der Waals surface area contributed by atoms with Crippen molar-refractivity contribution in [2.24, 2.45) is 5.73 Å². The van der Waals surface area contributed by atoms with Crippen molar-refractivity contribution in [1.29, 1.82) is 0 Å². The Morgan fingerprint density at radius 3 is 2.81 bits per heavy atom. The van der Waals surface area contributed by atoms with Crippen LogP contribution in [0.5, 0.6) is 0 Å². The quantitative estimate of drug-likeness (QED) is 0.831. The number of amides is 1. The molecule has 0 radical (unpaired) electrons. The molecule has 0 bridgehead atoms. The highest BCUT2D eigenvalue weighted by Gasteiger charge is 2.10. The lowest BCUT2D eigenvalue weighted by Crippen LogP contribution is -2.15. The first kappa shape index (κ1) is 15.3. The van der Waals surface area contributed by atoms with E-state index in [1.165, 1.54) is 18.3 Å². The van der Waals surface area contributed by atoms with Crippen molar-refractivity contribution in [3.05, 3.63) is 45.9 Å². The lowest BCUT2D eigenvalue weighted by atomic mass is 10.1. The Labute approximate surface area is 127 Å². The summed E-state index contributed by atoms with van der Waals surface area (Å²) in [5.41, 5.74) is 7.62. The summed E-state index contributed by atoms with van der Waals surface area (Å²) in [4.78, 5) is 27.6. The van der Waals surface area contributed by atoms with E-state index in [4.69, 9.17) is 5.73 Å². The van der Waals surface area contributed by atoms with Crippen LogP contribution in [0, 0.1) is 0 Å². The van der Waals surface area contributed by atoms with Crippen LogP contribution in [0.1, 0.15) is 40.9 Å². The maximum absolute atomic E-state index is 12.0. The molecule has 2 aromatic rings. The molecule has 1 aromatic heterocycles. The van der Waals surface area contributed by atoms with E-state index in [-0.39, 0.29) is 24.2 Å². The lowest BCUT2D eigenvalue weighted by Gasteiger charge is -2.05. The molecule has 110 valence electrons. The minimum atomic E-state index is -0.169. The van der Waals surface area contributed by atoms with Crippen LogP contribution < -0.4 is 11.1 Å². The van der Waals surface area contributed by atoms with Crippen LogP contribution in [0.4, 0.5) is 5.69 Å². The number of hydrogen-bond acceptors (Lipinski definition) is 5. The number of rotatable bonds is 5. The summed E-state index contributed by atoms with van der Waals surface area (Å²) in [6.45, 7) is 3.35. The smallest absolute Gasteiger partial charge is 0.230 e. The number of carbonyl (C=O) groups is 2. The molecule has 0 fully saturated rings. The fourth-order valence-electron chi connectivity index (χ4n) is 1.80. The summed E-state index contributed by atoms with van der Waals surface area (Å²) >= 11 is 1.45. The molecule has 0 aliphatic carbocycles. The minimum Gasteiger partial charge on any atom is -0.326 e. The van der Waals surface area contributed by atoms with Crippen LogP contribution >= 0.6 is 11.3 Å². The van der Waals surface area contributed by atoms with Gasteiger partial charge in [0.2, 0.25) is 5.91 Å². The number of benzene rings is 1. The number of nitrogens with one attached hydrogen (secondary N) is 1. The van der Waals surface area contributed by atoms with Gasteiger partial charge in [-0.2, -0.15) is 0 Å². The Kier molecular flexibility index (Phi) is 4.82. The molecule has 5 nitrogen and oxygen atoms in total. The summed E-state index contributed by atoms with van der Waals surface area (Å²) in [6.07, 6.45) is 0.188. The zero-order valence-electron chi connectivity index (χ0n) is 11.9. The first-order valence-electron chi connectivity index (χ1n) is 6.56. The molecule has 21 heavy (non-hydrogen) atoms. The van der Waals surface area contributed by atoms with Crippen molar-refractivity contribution in [1.82, 2.24) is 4.98 Å². The molecule has 1 atom stereocenters. The van der Waals surface area contributed by atoms with E-state index in [2.05, 4.69) is 10.3 Å². The van der Waals surface area contributed by atoms with Crippen molar-refractivity contribution in [3.8, 4) is 0 Å². The molecule has 0 aliphatic rings. The molecular formula is C15H17N3O2S. The predicted molar refractivity (Wildman–Crippen MR) is 83.5 cm³/mol. The van der Waals surface area contributed by atoms with Gasteiger partial charge in [0.25, 0.3) is 0 Å². The van der Waals surface area contributed by atoms with E-state index in [9.17, 15) is 9.59 Å². The average Bonchev–Trinajstić information content (AvgIpc) is 2.87. The second kappa shape index (κ2) is 6.60. The summed E-state index contributed by atoms with van der Waals surface area (Å²) in [6, 6.07) is 6.74. The van der Waals surface area contributed by atoms with Crippen molar-refractivity contribution < 1.29 is 9.59 Å². The van der Waals surface area contributed by atoms with Gasteiger partial charge in [0, 0.05) is 16.6 Å². The number of nitrogens with zero attached hydrogens (tertiary/aromatic N) is 1. The molecule has 1 aromatic carbocycles. The second-order valence-corrected chi connectivity index (χ2v) is 5.72. The molecule has 0 saturated carbocycles. The molecular weight excluding hydrogens is 286 g/mol. The van der Waals surface area contributed by atoms with Gasteiger partial charge >= 0.3 is 0 Å². The lowest BCUT2D eigenvalue weighted by molar-refractivity contribution is -0.115. The number of hydrogen-bond donors (Lipinski definition) is 2. The Hall–Kier alpha value is -2.05. The van der Waals surface area contributed by atoms with Crippen molar-refractivity contribution >= 4 is 28.7 Å². The van der Waals surface area contributed by atoms with Gasteiger partial charge in [-0.05, 0) is 26.0 Å². The standard InChI is InChI=1S/C15H17N3O2S/c1-9(16)15-18-13(8-21-15)7-14(20)17-12-5-3-4-11(6-12)10(2)19/h3-6,8-9H,7,16H2,1-2H3,(H,17,20). The zero-order chi connectivity index (χ0) is 15.4. The third kappa shape index (κ3) is 4.21. The molecule has 1 amide bonds. The number of aromatic nitrogens is 1. The number of anilines is 1. The van der Waals surface area contributed by atoms with E-state index in [0.717, 1.165) is 5.01 Å². The van der Waals surface area contributed by atoms with Crippen LogP contribution in [-0.4, -0.2) is 16.7 Å². The van der Waals surface area contributed by atoms with Crippen LogP contribution in [-0.2, 0) is 11.2 Å². The maximum atomic E-state index is 12.0. The molecule has 1 heterocycles. The Morgan fingerprint density at radius 1 is 1.43 bits per heavy atom. The molecule has 6 heteroatoms. The average molecular weight is 303 g/mol. The number of Topliss-reactive ketones (excluding diaryl/α,β-unsaturated/α-hetero) is 1. The van der Waals surface area contributed by atoms with E-state index in [1.807, 2.05) is 12.3 Å². The molecule has 0 aliphatic heterocycles. The normalized spacial score (nSPS) is 12.0. The second-order valence-electron chi connectivity index (χ2n) is 4.83. The highest BCUT2D eigenvalue weighted by atomic mass is 32.1. The van der Waals surface area contributed by atoms with Crippen LogP contribution in [0.25, 0.3) is 0 Å². The van der Waals surface area contributed by atoms with E-state index < -0.39 is 0 Å². The van der Waals surface area contributed by atoms with Gasteiger partial charge < -0.3 is 11.1 Å². The molecule has 1 unspecified atom stereocenters. The van der Waals surface area contributed by atoms with Crippen molar-refractivity contribution in [3.63, 3.8) is 0 Å².